The van der Waals surface area contributed by atoms with Gasteiger partial charge in [0.1, 0.15) is 0 Å². The lowest BCUT2D eigenvalue weighted by atomic mass is 9.84. The number of aliphatic hydroxyl groups excluding tert-OH is 1. The van der Waals surface area contributed by atoms with E-state index in [0.29, 0.717) is 24.3 Å². The smallest absolute Gasteiger partial charge is 0.337 e. The zero-order valence-corrected chi connectivity index (χ0v) is 18.6. The van der Waals surface area contributed by atoms with Crippen molar-refractivity contribution in [1.29, 1.82) is 0 Å². The first-order valence-corrected chi connectivity index (χ1v) is 10.6. The Hall–Kier alpha value is -2.45. The monoisotopic (exact) mass is 446 g/mol. The Labute approximate surface area is 186 Å². The van der Waals surface area contributed by atoms with Crippen LogP contribution in [-0.2, 0) is 21.7 Å². The van der Waals surface area contributed by atoms with Crippen molar-refractivity contribution in [1.82, 2.24) is 4.90 Å². The molecule has 2 N–H and O–H groups in total. The molecule has 0 saturated heterocycles. The van der Waals surface area contributed by atoms with E-state index in [1.165, 1.54) is 24.1 Å². The molecule has 0 aromatic heterocycles. The Morgan fingerprint density at radius 1 is 1.23 bits per heavy atom. The van der Waals surface area contributed by atoms with Crippen LogP contribution in [0.15, 0.2) is 36.4 Å². The van der Waals surface area contributed by atoms with Crippen LogP contribution in [0.25, 0.3) is 0 Å². The second-order valence-electron chi connectivity index (χ2n) is 7.35. The van der Waals surface area contributed by atoms with Gasteiger partial charge < -0.3 is 24.7 Å². The van der Waals surface area contributed by atoms with Crippen LogP contribution >= 0.6 is 11.6 Å². The van der Waals surface area contributed by atoms with E-state index in [2.05, 4.69) is 4.90 Å². The molecule has 2 aromatic rings. The topological polar surface area (TPSA) is 90.3 Å². The van der Waals surface area contributed by atoms with Crippen LogP contribution in [0.3, 0.4) is 0 Å². The van der Waals surface area contributed by atoms with Crippen LogP contribution in [0.4, 0.5) is 5.69 Å². The van der Waals surface area contributed by atoms with Gasteiger partial charge in [-0.2, -0.15) is 0 Å². The number of methoxy groups -OCH3 is 1. The second-order valence-corrected chi connectivity index (χ2v) is 7.76. The Balaban J connectivity index is 2.20. The summed E-state index contributed by atoms with van der Waals surface area (Å²) in [5.74, 6) is -1.16. The lowest BCUT2D eigenvalue weighted by Gasteiger charge is -2.27. The van der Waals surface area contributed by atoms with E-state index in [1.807, 2.05) is 13.8 Å². The maximum atomic E-state index is 13.6. The molecule has 1 heterocycles. The van der Waals surface area contributed by atoms with Crippen molar-refractivity contribution in [2.45, 2.75) is 26.1 Å². The van der Waals surface area contributed by atoms with Crippen LogP contribution in [0.1, 0.15) is 40.9 Å². The summed E-state index contributed by atoms with van der Waals surface area (Å²) in [6.07, 6.45) is 0. The zero-order valence-electron chi connectivity index (χ0n) is 17.9. The van der Waals surface area contributed by atoms with E-state index in [4.69, 9.17) is 16.3 Å². The SMILES string of the molecule is CCN(CC)CCN1C(=O)C(O)(c2ccccc2CO)c2c(Cl)cc(C(=O)OC)cc21. The van der Waals surface area contributed by atoms with Gasteiger partial charge in [0.2, 0.25) is 0 Å². The Morgan fingerprint density at radius 2 is 1.90 bits per heavy atom. The third-order valence-electron chi connectivity index (χ3n) is 5.81. The molecule has 0 radical (unpaired) electrons. The summed E-state index contributed by atoms with van der Waals surface area (Å²) >= 11 is 6.53. The van der Waals surface area contributed by atoms with Crippen LogP contribution in [0, 0.1) is 0 Å². The summed E-state index contributed by atoms with van der Waals surface area (Å²) in [6, 6.07) is 9.57. The quantitative estimate of drug-likeness (QED) is 0.606. The Kier molecular flexibility index (Phi) is 7.01. The zero-order chi connectivity index (χ0) is 22.8. The number of amides is 1. The first kappa shape index (κ1) is 23.2. The lowest BCUT2D eigenvalue weighted by Crippen LogP contribution is -2.44. The molecular formula is C23H27ClN2O5. The standard InChI is InChI=1S/C23H27ClN2O5/c1-4-25(5-2)10-11-26-19-13-16(21(28)31-3)12-18(24)20(19)23(30,22(26)29)17-9-7-6-8-15(17)14-27/h6-9,12-13,27,30H,4-5,10-11,14H2,1-3H3. The lowest BCUT2D eigenvalue weighted by molar-refractivity contribution is -0.132. The minimum absolute atomic E-state index is 0.0758. The van der Waals surface area contributed by atoms with Crippen molar-refractivity contribution in [2.75, 3.05) is 38.2 Å². The summed E-state index contributed by atoms with van der Waals surface area (Å²) in [4.78, 5) is 29.4. The molecule has 2 aromatic carbocycles. The van der Waals surface area contributed by atoms with Crippen molar-refractivity contribution >= 4 is 29.2 Å². The maximum absolute atomic E-state index is 13.6. The van der Waals surface area contributed by atoms with E-state index in [0.717, 1.165) is 13.1 Å². The first-order valence-electron chi connectivity index (χ1n) is 10.2. The van der Waals surface area contributed by atoms with Gasteiger partial charge >= 0.3 is 5.97 Å². The molecule has 1 aliphatic rings. The number of esters is 1. The molecule has 31 heavy (non-hydrogen) atoms. The van der Waals surface area contributed by atoms with Crippen LogP contribution in [0.2, 0.25) is 5.02 Å². The second kappa shape index (κ2) is 9.36. The van der Waals surface area contributed by atoms with Crippen molar-refractivity contribution in [3.8, 4) is 0 Å². The highest BCUT2D eigenvalue weighted by Gasteiger charge is 2.53. The molecular weight excluding hydrogens is 420 g/mol. The molecule has 1 unspecified atom stereocenters. The van der Waals surface area contributed by atoms with Gasteiger partial charge in [0.15, 0.2) is 5.60 Å². The summed E-state index contributed by atoms with van der Waals surface area (Å²) in [5.41, 5.74) is -0.645. The minimum atomic E-state index is -2.08. The molecule has 3 rings (SSSR count). The van der Waals surface area contributed by atoms with Crippen molar-refractivity contribution in [3.05, 3.63) is 63.7 Å². The highest BCUT2D eigenvalue weighted by Crippen LogP contribution is 2.49. The number of carbonyl (C=O) groups excluding carboxylic acids is 2. The summed E-state index contributed by atoms with van der Waals surface area (Å²) < 4.78 is 4.81. The number of anilines is 1. The fourth-order valence-corrected chi connectivity index (χ4v) is 4.43. The molecule has 7 nitrogen and oxygen atoms in total. The average molecular weight is 447 g/mol. The minimum Gasteiger partial charge on any atom is -0.465 e. The van der Waals surface area contributed by atoms with Gasteiger partial charge in [0, 0.05) is 24.2 Å². The number of ether oxygens (including phenoxy) is 1. The summed E-state index contributed by atoms with van der Waals surface area (Å²) in [5, 5.41) is 21.7. The number of benzene rings is 2. The van der Waals surface area contributed by atoms with Gasteiger partial charge in [0.25, 0.3) is 5.91 Å². The number of hydrogen-bond donors (Lipinski definition) is 2. The summed E-state index contributed by atoms with van der Waals surface area (Å²) in [6.45, 7) is 6.22. The number of nitrogens with zero attached hydrogens (tertiary/aromatic N) is 2. The Bertz CT molecular complexity index is 992. The highest BCUT2D eigenvalue weighted by atomic mass is 35.5. The molecule has 0 saturated carbocycles. The predicted molar refractivity (Wildman–Crippen MR) is 118 cm³/mol. The number of hydrogen-bond acceptors (Lipinski definition) is 6. The molecule has 0 bridgehead atoms. The van der Waals surface area contributed by atoms with Crippen LogP contribution in [-0.4, -0.2) is 60.3 Å². The molecule has 1 atom stereocenters. The van der Waals surface area contributed by atoms with Crippen molar-refractivity contribution < 1.29 is 24.5 Å². The number of rotatable bonds is 8. The summed E-state index contributed by atoms with van der Waals surface area (Å²) in [7, 11) is 1.26. The van der Waals surface area contributed by atoms with E-state index >= 15 is 0 Å². The Morgan fingerprint density at radius 3 is 2.52 bits per heavy atom. The van der Waals surface area contributed by atoms with Gasteiger partial charge in [0.05, 0.1) is 30.0 Å². The average Bonchev–Trinajstić information content (AvgIpc) is 3.01. The van der Waals surface area contributed by atoms with Gasteiger partial charge in [-0.05, 0) is 30.8 Å². The van der Waals surface area contributed by atoms with Crippen molar-refractivity contribution in [3.63, 3.8) is 0 Å². The molecule has 0 fully saturated rings. The number of halogens is 1. The van der Waals surface area contributed by atoms with Crippen LogP contribution in [0.5, 0.6) is 0 Å². The van der Waals surface area contributed by atoms with Gasteiger partial charge in [-0.1, -0.05) is 49.7 Å². The van der Waals surface area contributed by atoms with Gasteiger partial charge in [-0.3, -0.25) is 4.79 Å². The molecule has 0 spiro atoms. The van der Waals surface area contributed by atoms with Gasteiger partial charge in [-0.25, -0.2) is 4.79 Å². The van der Waals surface area contributed by atoms with E-state index in [9.17, 15) is 19.8 Å². The number of likely N-dealkylation sites (N-methyl/N-ethyl adjacent to an activating group) is 1. The normalized spacial score (nSPS) is 17.9. The van der Waals surface area contributed by atoms with E-state index < -0.39 is 17.5 Å². The molecule has 1 amide bonds. The number of fused-ring (bicyclic) bond motifs is 1. The predicted octanol–water partition coefficient (Wildman–Crippen LogP) is 2.54. The molecule has 166 valence electrons. The fraction of sp³-hybridized carbons (Fsp3) is 0.391. The maximum Gasteiger partial charge on any atom is 0.337 e. The third kappa shape index (κ3) is 3.94. The molecule has 0 aliphatic carbocycles. The van der Waals surface area contributed by atoms with Gasteiger partial charge in [-0.15, -0.1) is 0 Å². The molecule has 8 heteroatoms. The fourth-order valence-electron chi connectivity index (χ4n) is 4.07. The van der Waals surface area contributed by atoms with E-state index in [-0.39, 0.29) is 28.3 Å². The number of carbonyl (C=O) groups is 2. The number of aliphatic hydroxyl groups is 2. The first-order chi connectivity index (χ1) is 14.8. The highest BCUT2D eigenvalue weighted by molar-refractivity contribution is 6.33. The largest absolute Gasteiger partial charge is 0.465 e. The third-order valence-corrected chi connectivity index (χ3v) is 6.11. The van der Waals surface area contributed by atoms with Crippen molar-refractivity contribution in [2.24, 2.45) is 0 Å². The van der Waals surface area contributed by atoms with E-state index in [1.54, 1.807) is 24.3 Å². The van der Waals surface area contributed by atoms with Crippen LogP contribution < -0.4 is 4.90 Å². The molecule has 1 aliphatic heterocycles.